The van der Waals surface area contributed by atoms with Crippen molar-refractivity contribution in [3.05, 3.63) is 22.4 Å². The second-order valence-electron chi connectivity index (χ2n) is 6.03. The fourth-order valence-electron chi connectivity index (χ4n) is 2.93. The topological polar surface area (TPSA) is 41.6 Å². The van der Waals surface area contributed by atoms with Crippen molar-refractivity contribution in [3.63, 3.8) is 0 Å². The van der Waals surface area contributed by atoms with Gasteiger partial charge in [-0.2, -0.15) is 0 Å². The predicted octanol–water partition coefficient (Wildman–Crippen LogP) is 3.02. The lowest BCUT2D eigenvalue weighted by atomic mass is 10.0. The largest absolute Gasteiger partial charge is 0.383 e. The SMILES string of the molecule is CCC(COC)N1C(=O)C(CC(C)C)NC1c1cccs1. The molecule has 0 aromatic carbocycles. The molecule has 0 bridgehead atoms. The first-order valence-corrected chi connectivity index (χ1v) is 8.57. The van der Waals surface area contributed by atoms with Crippen LogP contribution in [0.15, 0.2) is 17.5 Å². The van der Waals surface area contributed by atoms with Gasteiger partial charge in [-0.1, -0.05) is 26.8 Å². The van der Waals surface area contributed by atoms with Gasteiger partial charge in [-0.25, -0.2) is 0 Å². The van der Waals surface area contributed by atoms with E-state index in [1.54, 1.807) is 18.4 Å². The number of amides is 1. The van der Waals surface area contributed by atoms with E-state index < -0.39 is 0 Å². The highest BCUT2D eigenvalue weighted by Crippen LogP contribution is 2.32. The molecule has 1 aliphatic heterocycles. The molecule has 118 valence electrons. The number of methoxy groups -OCH3 is 1. The van der Waals surface area contributed by atoms with Crippen molar-refractivity contribution in [2.45, 2.75) is 51.9 Å². The first kappa shape index (κ1) is 16.5. The molecule has 0 saturated carbocycles. The highest BCUT2D eigenvalue weighted by Gasteiger charge is 2.43. The lowest BCUT2D eigenvalue weighted by Crippen LogP contribution is -2.42. The molecule has 3 unspecified atom stereocenters. The summed E-state index contributed by atoms with van der Waals surface area (Å²) < 4.78 is 5.32. The Bertz CT molecular complexity index is 447. The maximum absolute atomic E-state index is 12.8. The molecule has 1 aromatic rings. The van der Waals surface area contributed by atoms with Gasteiger partial charge in [0, 0.05) is 12.0 Å². The monoisotopic (exact) mass is 310 g/mol. The molecule has 1 aliphatic rings. The van der Waals surface area contributed by atoms with Crippen molar-refractivity contribution in [3.8, 4) is 0 Å². The molecular formula is C16H26N2O2S. The van der Waals surface area contributed by atoms with Crippen LogP contribution in [0.25, 0.3) is 0 Å². The molecule has 3 atom stereocenters. The van der Waals surface area contributed by atoms with Gasteiger partial charge in [0.25, 0.3) is 0 Å². The molecular weight excluding hydrogens is 284 g/mol. The first-order valence-electron chi connectivity index (χ1n) is 7.69. The van der Waals surface area contributed by atoms with Crippen molar-refractivity contribution < 1.29 is 9.53 Å². The molecule has 4 nitrogen and oxygen atoms in total. The molecule has 1 aromatic heterocycles. The molecule has 1 saturated heterocycles. The summed E-state index contributed by atoms with van der Waals surface area (Å²) >= 11 is 1.70. The summed E-state index contributed by atoms with van der Waals surface area (Å²) in [6.45, 7) is 7.01. The second-order valence-corrected chi connectivity index (χ2v) is 7.01. The maximum Gasteiger partial charge on any atom is 0.241 e. The Balaban J connectivity index is 2.25. The van der Waals surface area contributed by atoms with Gasteiger partial charge >= 0.3 is 0 Å². The van der Waals surface area contributed by atoms with Gasteiger partial charge in [0.1, 0.15) is 6.17 Å². The molecule has 2 rings (SSSR count). The Hall–Kier alpha value is -0.910. The first-order chi connectivity index (χ1) is 10.1. The van der Waals surface area contributed by atoms with E-state index in [2.05, 4.69) is 37.5 Å². The van der Waals surface area contributed by atoms with Crippen LogP contribution in [0.2, 0.25) is 0 Å². The molecule has 21 heavy (non-hydrogen) atoms. The van der Waals surface area contributed by atoms with Crippen molar-refractivity contribution in [2.75, 3.05) is 13.7 Å². The minimum atomic E-state index is -0.0805. The number of carbonyl (C=O) groups is 1. The van der Waals surface area contributed by atoms with E-state index in [4.69, 9.17) is 4.74 Å². The quantitative estimate of drug-likeness (QED) is 0.842. The molecule has 1 N–H and O–H groups in total. The predicted molar refractivity (Wildman–Crippen MR) is 86.2 cm³/mol. The number of carbonyl (C=O) groups excluding carboxylic acids is 1. The average molecular weight is 310 g/mol. The van der Waals surface area contributed by atoms with Crippen molar-refractivity contribution in [1.82, 2.24) is 10.2 Å². The van der Waals surface area contributed by atoms with Crippen LogP contribution in [0.3, 0.4) is 0 Å². The third-order valence-electron chi connectivity index (χ3n) is 3.93. The molecule has 0 spiro atoms. The van der Waals surface area contributed by atoms with Gasteiger partial charge in [-0.05, 0) is 30.2 Å². The van der Waals surface area contributed by atoms with Crippen LogP contribution in [-0.4, -0.2) is 36.6 Å². The smallest absolute Gasteiger partial charge is 0.241 e. The normalized spacial score (nSPS) is 24.0. The number of rotatable bonds is 7. The van der Waals surface area contributed by atoms with Gasteiger partial charge in [0.05, 0.1) is 18.7 Å². The Morgan fingerprint density at radius 1 is 1.48 bits per heavy atom. The molecule has 0 radical (unpaired) electrons. The summed E-state index contributed by atoms with van der Waals surface area (Å²) in [5, 5.41) is 5.59. The van der Waals surface area contributed by atoms with E-state index >= 15 is 0 Å². The standard InChI is InChI=1S/C16H26N2O2S/c1-5-12(10-20-4)18-15(14-7-6-8-21-14)17-13(16(18)19)9-11(2)3/h6-8,11-13,15,17H,5,9-10H2,1-4H3. The second kappa shape index (κ2) is 7.38. The van der Waals surface area contributed by atoms with Crippen LogP contribution in [0.5, 0.6) is 0 Å². The van der Waals surface area contributed by atoms with E-state index in [9.17, 15) is 4.79 Å². The lowest BCUT2D eigenvalue weighted by molar-refractivity contribution is -0.133. The number of ether oxygens (including phenoxy) is 1. The third-order valence-corrected chi connectivity index (χ3v) is 4.86. The lowest BCUT2D eigenvalue weighted by Gasteiger charge is -2.31. The van der Waals surface area contributed by atoms with E-state index in [0.29, 0.717) is 12.5 Å². The van der Waals surface area contributed by atoms with E-state index in [-0.39, 0.29) is 24.2 Å². The number of nitrogens with one attached hydrogen (secondary N) is 1. The van der Waals surface area contributed by atoms with Crippen LogP contribution in [-0.2, 0) is 9.53 Å². The van der Waals surface area contributed by atoms with Crippen molar-refractivity contribution >= 4 is 17.2 Å². The highest BCUT2D eigenvalue weighted by atomic mass is 32.1. The van der Waals surface area contributed by atoms with Gasteiger partial charge in [-0.3, -0.25) is 10.1 Å². The van der Waals surface area contributed by atoms with Crippen LogP contribution in [0, 0.1) is 5.92 Å². The fraction of sp³-hybridized carbons (Fsp3) is 0.688. The van der Waals surface area contributed by atoms with Crippen molar-refractivity contribution in [1.29, 1.82) is 0 Å². The fourth-order valence-corrected chi connectivity index (χ4v) is 3.72. The summed E-state index contributed by atoms with van der Waals surface area (Å²) in [5.74, 6) is 0.712. The minimum Gasteiger partial charge on any atom is -0.383 e. The number of hydrogen-bond acceptors (Lipinski definition) is 4. The van der Waals surface area contributed by atoms with E-state index in [0.717, 1.165) is 12.8 Å². The highest BCUT2D eigenvalue weighted by molar-refractivity contribution is 7.10. The van der Waals surface area contributed by atoms with Crippen molar-refractivity contribution in [2.24, 2.45) is 5.92 Å². The molecule has 0 aliphatic carbocycles. The number of hydrogen-bond donors (Lipinski definition) is 1. The zero-order chi connectivity index (χ0) is 15.4. The molecule has 2 heterocycles. The number of thiophene rings is 1. The third kappa shape index (κ3) is 3.65. The van der Waals surface area contributed by atoms with Gasteiger partial charge < -0.3 is 9.64 Å². The zero-order valence-corrected chi connectivity index (χ0v) is 14.2. The van der Waals surface area contributed by atoms with Crippen LogP contribution in [0.1, 0.15) is 44.7 Å². The van der Waals surface area contributed by atoms with E-state index in [1.165, 1.54) is 4.88 Å². The number of nitrogens with zero attached hydrogens (tertiary/aromatic N) is 1. The summed E-state index contributed by atoms with van der Waals surface area (Å²) in [6.07, 6.45) is 1.76. The molecule has 5 heteroatoms. The Kier molecular flexibility index (Phi) is 5.79. The average Bonchev–Trinajstić information content (AvgIpc) is 3.05. The summed E-state index contributed by atoms with van der Waals surface area (Å²) in [6, 6.07) is 4.18. The Morgan fingerprint density at radius 3 is 2.76 bits per heavy atom. The molecule has 1 amide bonds. The van der Waals surface area contributed by atoms with Crippen LogP contribution >= 0.6 is 11.3 Å². The Morgan fingerprint density at radius 2 is 2.24 bits per heavy atom. The summed E-state index contributed by atoms with van der Waals surface area (Å²) in [5.41, 5.74) is 0. The summed E-state index contributed by atoms with van der Waals surface area (Å²) in [4.78, 5) is 16.0. The maximum atomic E-state index is 12.8. The molecule has 1 fully saturated rings. The summed E-state index contributed by atoms with van der Waals surface area (Å²) in [7, 11) is 1.70. The van der Waals surface area contributed by atoms with Gasteiger partial charge in [0.15, 0.2) is 0 Å². The van der Waals surface area contributed by atoms with Gasteiger partial charge in [-0.15, -0.1) is 11.3 Å². The Labute approximate surface area is 131 Å². The van der Waals surface area contributed by atoms with E-state index in [1.807, 2.05) is 11.0 Å². The zero-order valence-electron chi connectivity index (χ0n) is 13.3. The van der Waals surface area contributed by atoms with Crippen LogP contribution in [0.4, 0.5) is 0 Å². The minimum absolute atomic E-state index is 0.0126. The van der Waals surface area contributed by atoms with Crippen LogP contribution < -0.4 is 5.32 Å². The van der Waals surface area contributed by atoms with Gasteiger partial charge in [0.2, 0.25) is 5.91 Å².